The summed E-state index contributed by atoms with van der Waals surface area (Å²) < 4.78 is 24.7. The fraction of sp³-hybridized carbons (Fsp3) is 0.375. The number of carbonyl (C=O) groups is 1. The van der Waals surface area contributed by atoms with E-state index in [0.29, 0.717) is 25.1 Å². The Kier molecular flexibility index (Phi) is 4.32. The summed E-state index contributed by atoms with van der Waals surface area (Å²) in [5.74, 6) is -0.486. The number of amides is 1. The molecule has 0 unspecified atom stereocenters. The Labute approximate surface area is 135 Å². The average molecular weight is 333 g/mol. The van der Waals surface area contributed by atoms with Crippen LogP contribution in [-0.2, 0) is 14.8 Å². The minimum atomic E-state index is -3.25. The maximum atomic E-state index is 12.4. The number of sulfonamides is 1. The number of hydrogen-bond acceptors (Lipinski definition) is 4. The number of anilines is 1. The highest BCUT2D eigenvalue weighted by Crippen LogP contribution is 2.21. The topological polar surface area (TPSA) is 79.4 Å². The number of fused-ring (bicyclic) bond motifs is 1. The third-order valence-corrected chi connectivity index (χ3v) is 5.35. The lowest BCUT2D eigenvalue weighted by atomic mass is 9.99. The van der Waals surface area contributed by atoms with Crippen molar-refractivity contribution in [2.24, 2.45) is 5.92 Å². The van der Waals surface area contributed by atoms with Crippen molar-refractivity contribution in [2.45, 2.75) is 12.8 Å². The summed E-state index contributed by atoms with van der Waals surface area (Å²) in [4.78, 5) is 16.7. The van der Waals surface area contributed by atoms with E-state index in [1.54, 1.807) is 6.20 Å². The molecule has 2 heterocycles. The van der Waals surface area contributed by atoms with Crippen LogP contribution >= 0.6 is 0 Å². The van der Waals surface area contributed by atoms with Crippen molar-refractivity contribution in [3.63, 3.8) is 0 Å². The number of rotatable bonds is 3. The Morgan fingerprint density at radius 1 is 1.35 bits per heavy atom. The largest absolute Gasteiger partial charge is 0.324 e. The molecule has 1 aromatic carbocycles. The number of para-hydroxylation sites is 1. The molecule has 0 aliphatic carbocycles. The maximum Gasteiger partial charge on any atom is 0.228 e. The highest BCUT2D eigenvalue weighted by Gasteiger charge is 2.30. The van der Waals surface area contributed by atoms with E-state index < -0.39 is 10.0 Å². The molecular formula is C16H19N3O3S. The Morgan fingerprint density at radius 2 is 2.13 bits per heavy atom. The van der Waals surface area contributed by atoms with Gasteiger partial charge in [-0.1, -0.05) is 18.2 Å². The smallest absolute Gasteiger partial charge is 0.228 e. The predicted molar refractivity (Wildman–Crippen MR) is 89.5 cm³/mol. The van der Waals surface area contributed by atoms with Gasteiger partial charge in [0.05, 0.1) is 29.6 Å². The molecule has 0 saturated carbocycles. The molecule has 3 rings (SSSR count). The number of hydrogen-bond donors (Lipinski definition) is 1. The van der Waals surface area contributed by atoms with Gasteiger partial charge in [0.2, 0.25) is 15.9 Å². The molecule has 0 spiro atoms. The van der Waals surface area contributed by atoms with Gasteiger partial charge >= 0.3 is 0 Å². The molecule has 1 aliphatic rings. The molecule has 1 N–H and O–H groups in total. The zero-order chi connectivity index (χ0) is 16.4. The molecule has 2 aromatic rings. The highest BCUT2D eigenvalue weighted by molar-refractivity contribution is 7.88. The lowest BCUT2D eigenvalue weighted by Gasteiger charge is -2.30. The molecule has 1 fully saturated rings. The molecule has 23 heavy (non-hydrogen) atoms. The molecular weight excluding hydrogens is 314 g/mol. The first-order chi connectivity index (χ1) is 10.9. The van der Waals surface area contributed by atoms with E-state index in [-0.39, 0.29) is 18.4 Å². The molecule has 1 atom stereocenters. The van der Waals surface area contributed by atoms with E-state index >= 15 is 0 Å². The van der Waals surface area contributed by atoms with Crippen molar-refractivity contribution >= 4 is 32.5 Å². The summed E-state index contributed by atoms with van der Waals surface area (Å²) in [5.41, 5.74) is 1.50. The van der Waals surface area contributed by atoms with Crippen molar-refractivity contribution < 1.29 is 13.2 Å². The summed E-state index contributed by atoms with van der Waals surface area (Å²) in [6.45, 7) is 0.728. The summed E-state index contributed by atoms with van der Waals surface area (Å²) in [7, 11) is -3.25. The van der Waals surface area contributed by atoms with E-state index in [1.807, 2.05) is 30.3 Å². The minimum Gasteiger partial charge on any atom is -0.324 e. The first kappa shape index (κ1) is 15.9. The number of piperidine rings is 1. The van der Waals surface area contributed by atoms with Crippen molar-refractivity contribution in [3.8, 4) is 0 Å². The standard InChI is InChI=1S/C16H19N3O3S/c1-23(21,22)19-8-4-6-13(11-19)16(20)18-14-9-12-5-2-3-7-15(12)17-10-14/h2-3,5,7,9-10,13H,4,6,8,11H2,1H3,(H,18,20)/t13-/m0/s1. The summed E-state index contributed by atoms with van der Waals surface area (Å²) in [6.07, 6.45) is 4.19. The summed E-state index contributed by atoms with van der Waals surface area (Å²) in [5, 5.41) is 3.80. The predicted octanol–water partition coefficient (Wildman–Crippen LogP) is 1.84. The van der Waals surface area contributed by atoms with E-state index in [2.05, 4.69) is 10.3 Å². The molecule has 6 nitrogen and oxygen atoms in total. The molecule has 7 heteroatoms. The first-order valence-corrected chi connectivity index (χ1v) is 9.39. The fourth-order valence-electron chi connectivity index (χ4n) is 2.84. The molecule has 1 aromatic heterocycles. The van der Waals surface area contributed by atoms with Gasteiger partial charge in [-0.25, -0.2) is 12.7 Å². The normalized spacial score (nSPS) is 19.6. The van der Waals surface area contributed by atoms with E-state index in [4.69, 9.17) is 0 Å². The van der Waals surface area contributed by atoms with Gasteiger partial charge in [0.1, 0.15) is 0 Å². The average Bonchev–Trinajstić information content (AvgIpc) is 2.54. The van der Waals surface area contributed by atoms with Crippen LogP contribution in [0.25, 0.3) is 10.9 Å². The van der Waals surface area contributed by atoms with Gasteiger partial charge in [-0.2, -0.15) is 0 Å². The van der Waals surface area contributed by atoms with Crippen LogP contribution in [0, 0.1) is 5.92 Å². The molecule has 0 bridgehead atoms. The Morgan fingerprint density at radius 3 is 2.91 bits per heavy atom. The van der Waals surface area contributed by atoms with Crippen LogP contribution in [0.5, 0.6) is 0 Å². The van der Waals surface area contributed by atoms with Crippen molar-refractivity contribution in [2.75, 3.05) is 24.7 Å². The minimum absolute atomic E-state index is 0.157. The summed E-state index contributed by atoms with van der Waals surface area (Å²) in [6, 6.07) is 9.55. The molecule has 1 aliphatic heterocycles. The van der Waals surface area contributed by atoms with E-state index in [0.717, 1.165) is 10.9 Å². The second kappa shape index (κ2) is 6.25. The second-order valence-electron chi connectivity index (χ2n) is 5.87. The number of aromatic nitrogens is 1. The van der Waals surface area contributed by atoms with Crippen LogP contribution in [0.15, 0.2) is 36.5 Å². The zero-order valence-corrected chi connectivity index (χ0v) is 13.7. The van der Waals surface area contributed by atoms with E-state index in [9.17, 15) is 13.2 Å². The Hall–Kier alpha value is -1.99. The monoisotopic (exact) mass is 333 g/mol. The maximum absolute atomic E-state index is 12.4. The van der Waals surface area contributed by atoms with Gasteiger partial charge < -0.3 is 5.32 Å². The van der Waals surface area contributed by atoms with Crippen LogP contribution in [-0.4, -0.2) is 43.0 Å². The van der Waals surface area contributed by atoms with E-state index in [1.165, 1.54) is 10.6 Å². The molecule has 1 saturated heterocycles. The van der Waals surface area contributed by atoms with Crippen molar-refractivity contribution in [1.29, 1.82) is 0 Å². The molecule has 122 valence electrons. The number of carbonyl (C=O) groups excluding carboxylic acids is 1. The first-order valence-electron chi connectivity index (χ1n) is 7.54. The SMILES string of the molecule is CS(=O)(=O)N1CCC[C@H](C(=O)Nc2cnc3ccccc3c2)C1. The van der Waals surface area contributed by atoms with Gasteiger partial charge in [-0.15, -0.1) is 0 Å². The Balaban J connectivity index is 1.72. The second-order valence-corrected chi connectivity index (χ2v) is 7.85. The Bertz CT molecular complexity index is 835. The van der Waals surface area contributed by atoms with Gasteiger partial charge in [0.25, 0.3) is 0 Å². The van der Waals surface area contributed by atoms with Gasteiger partial charge in [-0.05, 0) is 25.0 Å². The zero-order valence-electron chi connectivity index (χ0n) is 12.9. The third kappa shape index (κ3) is 3.68. The summed E-state index contributed by atoms with van der Waals surface area (Å²) >= 11 is 0. The van der Waals surface area contributed by atoms with Gasteiger partial charge in [0, 0.05) is 18.5 Å². The number of pyridine rings is 1. The lowest BCUT2D eigenvalue weighted by molar-refractivity contribution is -0.120. The van der Waals surface area contributed by atoms with Crippen molar-refractivity contribution in [3.05, 3.63) is 36.5 Å². The van der Waals surface area contributed by atoms with Crippen LogP contribution in [0.4, 0.5) is 5.69 Å². The number of nitrogens with zero attached hydrogens (tertiary/aromatic N) is 2. The fourth-order valence-corrected chi connectivity index (χ4v) is 3.75. The van der Waals surface area contributed by atoms with Crippen LogP contribution < -0.4 is 5.32 Å². The quantitative estimate of drug-likeness (QED) is 0.929. The van der Waals surface area contributed by atoms with Gasteiger partial charge in [0.15, 0.2) is 0 Å². The van der Waals surface area contributed by atoms with Crippen LogP contribution in [0.1, 0.15) is 12.8 Å². The van der Waals surface area contributed by atoms with Crippen LogP contribution in [0.2, 0.25) is 0 Å². The highest BCUT2D eigenvalue weighted by atomic mass is 32.2. The number of nitrogens with one attached hydrogen (secondary N) is 1. The lowest BCUT2D eigenvalue weighted by Crippen LogP contribution is -2.43. The molecule has 0 radical (unpaired) electrons. The number of benzene rings is 1. The van der Waals surface area contributed by atoms with Crippen molar-refractivity contribution in [1.82, 2.24) is 9.29 Å². The third-order valence-electron chi connectivity index (χ3n) is 4.08. The van der Waals surface area contributed by atoms with Crippen LogP contribution in [0.3, 0.4) is 0 Å². The molecule has 1 amide bonds. The van der Waals surface area contributed by atoms with Gasteiger partial charge in [-0.3, -0.25) is 9.78 Å².